The molecule has 178 valence electrons. The van der Waals surface area contributed by atoms with Gasteiger partial charge in [0.25, 0.3) is 0 Å². The maximum absolute atomic E-state index is 10.6. The number of alkyl halides is 3. The molecule has 0 saturated heterocycles. The molecule has 9 nitrogen and oxygen atoms in total. The number of nitrogens with zero attached hydrogens (tertiary/aromatic N) is 5. The number of H-pyrrole nitrogens is 1. The Morgan fingerprint density at radius 3 is 2.62 bits per heavy atom. The number of carbonyl (C=O) groups is 1. The number of aliphatic carboxylic acids is 1. The smallest absolute Gasteiger partial charge is 0.475 e. The summed E-state index contributed by atoms with van der Waals surface area (Å²) in [4.78, 5) is 23.0. The van der Waals surface area contributed by atoms with E-state index in [1.54, 1.807) is 18.5 Å². The van der Waals surface area contributed by atoms with Crippen LogP contribution in [0.15, 0.2) is 61.2 Å². The van der Waals surface area contributed by atoms with Crippen LogP contribution < -0.4 is 4.74 Å². The lowest BCUT2D eigenvalue weighted by Crippen LogP contribution is -2.35. The molecule has 0 fully saturated rings. The fourth-order valence-corrected chi connectivity index (χ4v) is 3.71. The van der Waals surface area contributed by atoms with E-state index < -0.39 is 12.1 Å². The van der Waals surface area contributed by atoms with Crippen LogP contribution in [0.25, 0.3) is 10.9 Å². The van der Waals surface area contributed by atoms with E-state index in [4.69, 9.17) is 14.6 Å². The van der Waals surface area contributed by atoms with Crippen molar-refractivity contribution >= 4 is 16.9 Å². The van der Waals surface area contributed by atoms with Gasteiger partial charge in [-0.25, -0.2) is 14.8 Å². The first-order valence-corrected chi connectivity index (χ1v) is 10.3. The number of benzene rings is 1. The van der Waals surface area contributed by atoms with Gasteiger partial charge in [0.2, 0.25) is 0 Å². The van der Waals surface area contributed by atoms with Crippen molar-refractivity contribution in [3.8, 4) is 6.01 Å². The van der Waals surface area contributed by atoms with Crippen LogP contribution in [0, 0.1) is 0 Å². The van der Waals surface area contributed by atoms with Crippen molar-refractivity contribution in [2.45, 2.75) is 31.9 Å². The molecule has 2 N–H and O–H groups in total. The van der Waals surface area contributed by atoms with Crippen molar-refractivity contribution in [1.29, 1.82) is 0 Å². The van der Waals surface area contributed by atoms with Crippen LogP contribution in [0.2, 0.25) is 0 Å². The normalized spacial score (nSPS) is 16.3. The first-order chi connectivity index (χ1) is 16.3. The number of ether oxygens (including phenoxy) is 1. The standard InChI is InChI=1S/C20H20N6O.C2HF3O2/c1-3-15(18-6-9-21-19(18)4-1)11-25-12-16-5-10-24-26(16)14-17(13-25)27-20-22-7-2-8-23-20;3-2(4,5)1(6)7/h1-10,17,21H,11-14H2;(H,6,7). The molecule has 0 spiro atoms. The predicted octanol–water partition coefficient (Wildman–Crippen LogP) is 3.25. The number of rotatable bonds is 4. The minimum Gasteiger partial charge on any atom is -0.475 e. The number of aromatic amines is 1. The van der Waals surface area contributed by atoms with Gasteiger partial charge in [0.05, 0.1) is 12.2 Å². The summed E-state index contributed by atoms with van der Waals surface area (Å²) in [5.74, 6) is -2.76. The highest BCUT2D eigenvalue weighted by molar-refractivity contribution is 5.82. The Kier molecular flexibility index (Phi) is 6.77. The lowest BCUT2D eigenvalue weighted by atomic mass is 10.1. The van der Waals surface area contributed by atoms with Gasteiger partial charge in [-0.15, -0.1) is 0 Å². The summed E-state index contributed by atoms with van der Waals surface area (Å²) >= 11 is 0. The Morgan fingerprint density at radius 1 is 1.12 bits per heavy atom. The minimum absolute atomic E-state index is 0.0704. The van der Waals surface area contributed by atoms with Gasteiger partial charge in [0, 0.05) is 55.3 Å². The van der Waals surface area contributed by atoms with Gasteiger partial charge >= 0.3 is 18.2 Å². The van der Waals surface area contributed by atoms with E-state index in [0.29, 0.717) is 12.6 Å². The first-order valence-electron chi connectivity index (χ1n) is 10.3. The SMILES string of the molecule is O=C(O)C(F)(F)F.c1cnc(OC2CN(Cc3cccc4[nH]ccc34)Cc3ccnn3C2)nc1. The molecule has 4 aromatic rings. The number of carboxylic acid groups (broad SMARTS) is 1. The molecule has 4 heterocycles. The maximum Gasteiger partial charge on any atom is 0.490 e. The third kappa shape index (κ3) is 5.70. The Bertz CT molecular complexity index is 1240. The molecule has 1 aliphatic heterocycles. The molecule has 5 rings (SSSR count). The van der Waals surface area contributed by atoms with Crippen LogP contribution >= 0.6 is 0 Å². The van der Waals surface area contributed by atoms with E-state index in [1.165, 1.54) is 16.6 Å². The molecule has 0 radical (unpaired) electrons. The molecule has 0 amide bonds. The number of hydrogen-bond donors (Lipinski definition) is 2. The summed E-state index contributed by atoms with van der Waals surface area (Å²) in [6.45, 7) is 3.14. The number of nitrogens with one attached hydrogen (secondary N) is 1. The Hall–Kier alpha value is -3.93. The van der Waals surface area contributed by atoms with Gasteiger partial charge in [-0.05, 0) is 29.8 Å². The number of aromatic nitrogens is 5. The van der Waals surface area contributed by atoms with E-state index >= 15 is 0 Å². The van der Waals surface area contributed by atoms with Crippen molar-refractivity contribution in [2.24, 2.45) is 0 Å². The molecule has 0 aliphatic carbocycles. The molecule has 1 aromatic carbocycles. The second kappa shape index (κ2) is 9.91. The van der Waals surface area contributed by atoms with Gasteiger partial charge in [0.15, 0.2) is 0 Å². The highest BCUT2D eigenvalue weighted by Crippen LogP contribution is 2.22. The van der Waals surface area contributed by atoms with Crippen molar-refractivity contribution in [2.75, 3.05) is 6.54 Å². The van der Waals surface area contributed by atoms with E-state index in [2.05, 4.69) is 55.3 Å². The third-order valence-electron chi connectivity index (χ3n) is 5.16. The van der Waals surface area contributed by atoms with E-state index in [-0.39, 0.29) is 6.10 Å². The summed E-state index contributed by atoms with van der Waals surface area (Å²) in [5, 5.41) is 12.8. The van der Waals surface area contributed by atoms with E-state index in [1.807, 2.05) is 17.1 Å². The first kappa shape index (κ1) is 23.2. The number of carboxylic acids is 1. The summed E-state index contributed by atoms with van der Waals surface area (Å²) < 4.78 is 39.8. The second-order valence-electron chi connectivity index (χ2n) is 7.60. The van der Waals surface area contributed by atoms with Crippen molar-refractivity contribution in [1.82, 2.24) is 29.6 Å². The largest absolute Gasteiger partial charge is 0.490 e. The topological polar surface area (TPSA) is 109 Å². The van der Waals surface area contributed by atoms with Crippen LogP contribution in [-0.2, 0) is 24.4 Å². The van der Waals surface area contributed by atoms with Gasteiger partial charge < -0.3 is 14.8 Å². The lowest BCUT2D eigenvalue weighted by molar-refractivity contribution is -0.192. The van der Waals surface area contributed by atoms with Crippen LogP contribution in [0.3, 0.4) is 0 Å². The van der Waals surface area contributed by atoms with Crippen molar-refractivity contribution in [3.63, 3.8) is 0 Å². The lowest BCUT2D eigenvalue weighted by Gasteiger charge is -2.24. The molecule has 34 heavy (non-hydrogen) atoms. The van der Waals surface area contributed by atoms with Crippen molar-refractivity contribution < 1.29 is 27.8 Å². The molecule has 12 heteroatoms. The van der Waals surface area contributed by atoms with Gasteiger partial charge in [0.1, 0.15) is 6.10 Å². The molecule has 1 atom stereocenters. The van der Waals surface area contributed by atoms with Crippen LogP contribution in [0.1, 0.15) is 11.3 Å². The molecule has 1 unspecified atom stereocenters. The van der Waals surface area contributed by atoms with E-state index in [0.717, 1.165) is 25.2 Å². The molecule has 0 saturated carbocycles. The van der Waals surface area contributed by atoms with Crippen LogP contribution in [0.5, 0.6) is 6.01 Å². The number of hydrogen-bond acceptors (Lipinski definition) is 6. The Morgan fingerprint density at radius 2 is 1.88 bits per heavy atom. The molecular formula is C22H21F3N6O3. The predicted molar refractivity (Wildman–Crippen MR) is 115 cm³/mol. The highest BCUT2D eigenvalue weighted by atomic mass is 19.4. The summed E-state index contributed by atoms with van der Waals surface area (Å²) in [7, 11) is 0. The number of fused-ring (bicyclic) bond motifs is 2. The Labute approximate surface area is 191 Å². The van der Waals surface area contributed by atoms with Crippen molar-refractivity contribution in [3.05, 3.63) is 72.4 Å². The number of halogens is 3. The quantitative estimate of drug-likeness (QED) is 0.467. The minimum atomic E-state index is -5.08. The second-order valence-corrected chi connectivity index (χ2v) is 7.60. The van der Waals surface area contributed by atoms with Gasteiger partial charge in [-0.1, -0.05) is 12.1 Å². The van der Waals surface area contributed by atoms with Crippen LogP contribution in [-0.4, -0.2) is 59.5 Å². The fourth-order valence-electron chi connectivity index (χ4n) is 3.71. The fraction of sp³-hybridized carbons (Fsp3) is 0.273. The maximum atomic E-state index is 10.6. The van der Waals surface area contributed by atoms with Gasteiger partial charge in [-0.2, -0.15) is 18.3 Å². The summed E-state index contributed by atoms with van der Waals surface area (Å²) in [6.07, 6.45) is 2.08. The molecule has 1 aliphatic rings. The molecular weight excluding hydrogens is 453 g/mol. The van der Waals surface area contributed by atoms with Crippen LogP contribution in [0.4, 0.5) is 13.2 Å². The monoisotopic (exact) mass is 474 g/mol. The zero-order chi connectivity index (χ0) is 24.1. The van der Waals surface area contributed by atoms with E-state index in [9.17, 15) is 13.2 Å². The zero-order valence-electron chi connectivity index (χ0n) is 17.8. The molecule has 0 bridgehead atoms. The zero-order valence-corrected chi connectivity index (χ0v) is 17.8. The van der Waals surface area contributed by atoms with Gasteiger partial charge in [-0.3, -0.25) is 9.58 Å². The highest BCUT2D eigenvalue weighted by Gasteiger charge is 2.38. The molecule has 3 aromatic heterocycles. The average molecular weight is 474 g/mol. The summed E-state index contributed by atoms with van der Waals surface area (Å²) in [5.41, 5.74) is 3.66. The summed E-state index contributed by atoms with van der Waals surface area (Å²) in [6, 6.07) is 12.8. The Balaban J connectivity index is 0.000000344. The third-order valence-corrected chi connectivity index (χ3v) is 5.16. The average Bonchev–Trinajstić information content (AvgIpc) is 3.41.